The Hall–Kier alpha value is -2.49. The van der Waals surface area contributed by atoms with Gasteiger partial charge in [0.1, 0.15) is 18.2 Å². The number of hydrogen-bond acceptors (Lipinski definition) is 9. The van der Waals surface area contributed by atoms with Crippen LogP contribution in [0.3, 0.4) is 0 Å². The average molecular weight is 652 g/mol. The lowest BCUT2D eigenvalue weighted by Gasteiger charge is -2.23. The summed E-state index contributed by atoms with van der Waals surface area (Å²) in [4.78, 5) is 13.7. The van der Waals surface area contributed by atoms with Gasteiger partial charge in [-0.2, -0.15) is 4.98 Å². The number of nitrogens with zero attached hydrogens (tertiary/aromatic N) is 3. The molecule has 1 aliphatic heterocycles. The van der Waals surface area contributed by atoms with Crippen LogP contribution in [0.25, 0.3) is 5.76 Å². The minimum absolute atomic E-state index is 0.146. The number of aliphatic hydroxyl groups is 3. The molecule has 0 aliphatic carbocycles. The van der Waals surface area contributed by atoms with Gasteiger partial charge in [-0.3, -0.25) is 4.99 Å². The van der Waals surface area contributed by atoms with Gasteiger partial charge in [-0.25, -0.2) is 4.98 Å². The summed E-state index contributed by atoms with van der Waals surface area (Å²) < 4.78 is 6.13. The van der Waals surface area contributed by atoms with Crippen molar-refractivity contribution >= 4 is 23.7 Å². The van der Waals surface area contributed by atoms with E-state index in [-0.39, 0.29) is 12.0 Å². The number of aliphatic imine (C=N–C) groups is 1. The van der Waals surface area contributed by atoms with Crippen LogP contribution in [0.2, 0.25) is 0 Å². The summed E-state index contributed by atoms with van der Waals surface area (Å²) in [5.74, 6) is 1.61. The summed E-state index contributed by atoms with van der Waals surface area (Å²) in [5.41, 5.74) is 4.25. The molecule has 2 rings (SSSR count). The van der Waals surface area contributed by atoms with Crippen molar-refractivity contribution in [1.29, 1.82) is 0 Å². The number of anilines is 2. The molecule has 0 aromatic carbocycles. The third-order valence-corrected chi connectivity index (χ3v) is 6.37. The van der Waals surface area contributed by atoms with Crippen molar-refractivity contribution in [2.24, 2.45) is 16.3 Å². The van der Waals surface area contributed by atoms with E-state index < -0.39 is 5.79 Å². The minimum atomic E-state index is -1.50. The molecule has 0 bridgehead atoms. The maximum absolute atomic E-state index is 8.08. The zero-order valence-corrected chi connectivity index (χ0v) is 32.4. The Morgan fingerprint density at radius 3 is 1.89 bits per heavy atom. The summed E-state index contributed by atoms with van der Waals surface area (Å²) >= 11 is 0. The van der Waals surface area contributed by atoms with E-state index in [1.165, 1.54) is 46.0 Å². The van der Waals surface area contributed by atoms with Crippen molar-refractivity contribution < 1.29 is 20.1 Å². The van der Waals surface area contributed by atoms with E-state index in [1.807, 2.05) is 27.0 Å². The number of allylic oxidation sites excluding steroid dienone is 2. The molecular weight excluding hydrogens is 578 g/mol. The van der Waals surface area contributed by atoms with Gasteiger partial charge in [0.15, 0.2) is 5.79 Å². The molecule has 0 saturated carbocycles. The quantitative estimate of drug-likeness (QED) is 0.0861. The maximum Gasteiger partial charge on any atom is 0.224 e. The van der Waals surface area contributed by atoms with Gasteiger partial charge in [-0.15, -0.1) is 0 Å². The van der Waals surface area contributed by atoms with Gasteiger partial charge in [0.05, 0.1) is 11.3 Å². The van der Waals surface area contributed by atoms with Gasteiger partial charge in [0.2, 0.25) is 5.95 Å². The SMILES string of the molecule is CC.CC(C)(O)O.CCC(CC)CCCNc1nc(NCC(C)(C)C)nc(C)c1C1=CC(C)=C(C=NC)CO1.CCCC.CCO. The van der Waals surface area contributed by atoms with Crippen LogP contribution < -0.4 is 10.6 Å². The van der Waals surface area contributed by atoms with Crippen LogP contribution >= 0.6 is 0 Å². The molecule has 0 radical (unpaired) electrons. The average Bonchev–Trinajstić information content (AvgIpc) is 2.97. The van der Waals surface area contributed by atoms with Gasteiger partial charge in [0, 0.05) is 38.5 Å². The highest BCUT2D eigenvalue weighted by atomic mass is 16.5. The van der Waals surface area contributed by atoms with Crippen LogP contribution in [0.1, 0.15) is 140 Å². The Morgan fingerprint density at radius 1 is 0.957 bits per heavy atom. The van der Waals surface area contributed by atoms with Crippen molar-refractivity contribution in [2.45, 2.75) is 141 Å². The summed E-state index contributed by atoms with van der Waals surface area (Å²) in [6.07, 6.45) is 11.4. The highest BCUT2D eigenvalue weighted by Crippen LogP contribution is 2.32. The molecule has 0 amide bonds. The molecule has 2 heterocycles. The molecule has 270 valence electrons. The smallest absolute Gasteiger partial charge is 0.224 e. The standard InChI is InChI=1S/C26H43N5O.C4H10.C3H8O2.C2H6O.C2H6/c1-9-20(10-2)12-11-13-28-24-23(22-14-18(3)21(15-27-8)16-32-22)19(4)30-25(31-24)29-17-26(5,6)7;1-3-4-2;1-3(2,4)5;1-2-3;1-2/h14-15,20H,9-13,16-17H2,1-8H3,(H2,28,29,30,31);3-4H2,1-2H3;4-5H,1-2H3;3H,2H2,1H3;1-2H3. The van der Waals surface area contributed by atoms with Crippen molar-refractivity contribution in [3.8, 4) is 0 Å². The van der Waals surface area contributed by atoms with Crippen molar-refractivity contribution in [2.75, 3.05) is 44.0 Å². The minimum Gasteiger partial charge on any atom is -0.488 e. The Morgan fingerprint density at radius 2 is 1.48 bits per heavy atom. The second-order valence-electron chi connectivity index (χ2n) is 12.7. The number of aryl methyl sites for hydroxylation is 1. The largest absolute Gasteiger partial charge is 0.488 e. The lowest BCUT2D eigenvalue weighted by Crippen LogP contribution is -2.21. The molecule has 1 aromatic rings. The van der Waals surface area contributed by atoms with Gasteiger partial charge in [-0.1, -0.05) is 88.0 Å². The van der Waals surface area contributed by atoms with Gasteiger partial charge < -0.3 is 30.7 Å². The third kappa shape index (κ3) is 25.7. The van der Waals surface area contributed by atoms with E-state index in [0.29, 0.717) is 12.6 Å². The lowest BCUT2D eigenvalue weighted by atomic mass is 9.97. The van der Waals surface area contributed by atoms with Crippen molar-refractivity contribution in [1.82, 2.24) is 9.97 Å². The molecule has 0 fully saturated rings. The molecule has 9 nitrogen and oxygen atoms in total. The van der Waals surface area contributed by atoms with Crippen LogP contribution in [0.4, 0.5) is 11.8 Å². The first-order valence-electron chi connectivity index (χ1n) is 17.4. The number of aliphatic hydroxyl groups excluding tert-OH is 1. The number of ether oxygens (including phenoxy) is 1. The molecule has 46 heavy (non-hydrogen) atoms. The first kappa shape index (κ1) is 47.9. The maximum atomic E-state index is 8.08. The van der Waals surface area contributed by atoms with Crippen molar-refractivity contribution in [3.63, 3.8) is 0 Å². The lowest BCUT2D eigenvalue weighted by molar-refractivity contribution is -0.127. The van der Waals surface area contributed by atoms with Gasteiger partial charge in [-0.05, 0) is 70.4 Å². The van der Waals surface area contributed by atoms with Crippen LogP contribution in [0, 0.1) is 18.3 Å². The number of aromatic nitrogens is 2. The van der Waals surface area contributed by atoms with E-state index in [9.17, 15) is 0 Å². The number of unbranched alkanes of at least 4 members (excludes halogenated alkanes) is 1. The Balaban J connectivity index is -0.00000112. The first-order chi connectivity index (χ1) is 21.5. The first-order valence-corrected chi connectivity index (χ1v) is 17.4. The summed E-state index contributed by atoms with van der Waals surface area (Å²) in [6.45, 7) is 30.4. The second kappa shape index (κ2) is 27.6. The molecule has 0 unspecified atom stereocenters. The van der Waals surface area contributed by atoms with Crippen LogP contribution in [-0.4, -0.2) is 70.6 Å². The van der Waals surface area contributed by atoms with E-state index in [2.05, 4.69) is 77.1 Å². The van der Waals surface area contributed by atoms with Crippen molar-refractivity contribution in [3.05, 3.63) is 28.5 Å². The molecule has 9 heteroatoms. The molecule has 0 atom stereocenters. The monoisotopic (exact) mass is 652 g/mol. The third-order valence-electron chi connectivity index (χ3n) is 6.37. The molecule has 0 spiro atoms. The topological polar surface area (TPSA) is 132 Å². The van der Waals surface area contributed by atoms with E-state index in [0.717, 1.165) is 59.4 Å². The summed E-state index contributed by atoms with van der Waals surface area (Å²) in [5, 5.41) is 30.7. The van der Waals surface area contributed by atoms with Gasteiger partial charge in [0.25, 0.3) is 0 Å². The highest BCUT2D eigenvalue weighted by Gasteiger charge is 2.21. The Bertz CT molecular complexity index is 981. The molecule has 1 aromatic heterocycles. The fraction of sp³-hybridized carbons (Fsp3) is 0.757. The van der Waals surface area contributed by atoms with Crippen LogP contribution in [0.15, 0.2) is 22.2 Å². The van der Waals surface area contributed by atoms with Crippen LogP contribution in [-0.2, 0) is 4.74 Å². The zero-order chi connectivity index (χ0) is 36.3. The Kier molecular flexibility index (Phi) is 28.8. The number of nitrogens with one attached hydrogen (secondary N) is 2. The number of hydrogen-bond donors (Lipinski definition) is 5. The molecular formula is C37H73N5O4. The van der Waals surface area contributed by atoms with Gasteiger partial charge >= 0.3 is 0 Å². The van der Waals surface area contributed by atoms with Crippen LogP contribution in [0.5, 0.6) is 0 Å². The Labute approximate surface area is 283 Å². The zero-order valence-electron chi connectivity index (χ0n) is 32.4. The highest BCUT2D eigenvalue weighted by molar-refractivity contribution is 5.84. The number of rotatable bonds is 12. The normalized spacial score (nSPS) is 12.7. The molecule has 5 N–H and O–H groups in total. The predicted octanol–water partition coefficient (Wildman–Crippen LogP) is 8.80. The summed E-state index contributed by atoms with van der Waals surface area (Å²) in [7, 11) is 1.78. The predicted molar refractivity (Wildman–Crippen MR) is 201 cm³/mol. The van der Waals surface area contributed by atoms with E-state index >= 15 is 0 Å². The van der Waals surface area contributed by atoms with E-state index in [4.69, 9.17) is 30.0 Å². The molecule has 0 saturated heterocycles. The van der Waals surface area contributed by atoms with E-state index in [1.54, 1.807) is 14.0 Å². The fourth-order valence-corrected chi connectivity index (χ4v) is 3.75. The fourth-order valence-electron chi connectivity index (χ4n) is 3.75. The second-order valence-corrected chi connectivity index (χ2v) is 12.7. The summed E-state index contributed by atoms with van der Waals surface area (Å²) in [6, 6.07) is 0. The molecule has 1 aliphatic rings.